The molecule has 0 aliphatic carbocycles. The minimum atomic E-state index is -3.57. The predicted molar refractivity (Wildman–Crippen MR) is 131 cm³/mol. The SMILES string of the molecule is CCN(CC)S(=O)(=O)c1ccc2c(c1)CCCN2C(=O)C1CC(=O)N(c2cccc(OC)c2)C1. The van der Waals surface area contributed by atoms with E-state index in [4.69, 9.17) is 4.74 Å². The summed E-state index contributed by atoms with van der Waals surface area (Å²) in [6.07, 6.45) is 1.60. The van der Waals surface area contributed by atoms with Crippen molar-refractivity contribution in [1.82, 2.24) is 4.31 Å². The van der Waals surface area contributed by atoms with Gasteiger partial charge in [-0.1, -0.05) is 19.9 Å². The highest BCUT2D eigenvalue weighted by atomic mass is 32.2. The second kappa shape index (κ2) is 9.76. The highest BCUT2D eigenvalue weighted by Crippen LogP contribution is 2.34. The normalized spacial score (nSPS) is 18.4. The van der Waals surface area contributed by atoms with Crippen molar-refractivity contribution in [2.45, 2.75) is 38.0 Å². The van der Waals surface area contributed by atoms with Gasteiger partial charge in [0, 0.05) is 50.0 Å². The Labute approximate surface area is 201 Å². The number of sulfonamides is 1. The number of anilines is 2. The van der Waals surface area contributed by atoms with Crippen molar-refractivity contribution in [3.05, 3.63) is 48.0 Å². The van der Waals surface area contributed by atoms with Gasteiger partial charge in [-0.3, -0.25) is 9.59 Å². The monoisotopic (exact) mass is 485 g/mol. The fourth-order valence-corrected chi connectivity index (χ4v) is 6.31. The van der Waals surface area contributed by atoms with Crippen LogP contribution in [0.25, 0.3) is 0 Å². The number of carbonyl (C=O) groups is 2. The average Bonchev–Trinajstić information content (AvgIpc) is 3.25. The summed E-state index contributed by atoms with van der Waals surface area (Å²) >= 11 is 0. The van der Waals surface area contributed by atoms with E-state index in [1.54, 1.807) is 41.2 Å². The van der Waals surface area contributed by atoms with Gasteiger partial charge in [-0.25, -0.2) is 8.42 Å². The molecule has 9 heteroatoms. The Kier molecular flexibility index (Phi) is 6.95. The molecule has 1 unspecified atom stereocenters. The zero-order valence-corrected chi connectivity index (χ0v) is 20.7. The Morgan fingerprint density at radius 3 is 2.62 bits per heavy atom. The zero-order chi connectivity index (χ0) is 24.5. The number of hydrogen-bond donors (Lipinski definition) is 0. The van der Waals surface area contributed by atoms with Crippen LogP contribution in [0.2, 0.25) is 0 Å². The number of ether oxygens (including phenoxy) is 1. The first-order valence-corrected chi connectivity index (χ1v) is 13.1. The van der Waals surface area contributed by atoms with E-state index < -0.39 is 15.9 Å². The molecule has 0 radical (unpaired) electrons. The van der Waals surface area contributed by atoms with Gasteiger partial charge < -0.3 is 14.5 Å². The lowest BCUT2D eigenvalue weighted by Crippen LogP contribution is -2.40. The average molecular weight is 486 g/mol. The molecular formula is C25H31N3O5S. The highest BCUT2D eigenvalue weighted by Gasteiger charge is 2.39. The number of benzene rings is 2. The minimum Gasteiger partial charge on any atom is -0.497 e. The molecule has 34 heavy (non-hydrogen) atoms. The third-order valence-electron chi connectivity index (χ3n) is 6.62. The van der Waals surface area contributed by atoms with Gasteiger partial charge >= 0.3 is 0 Å². The Balaban J connectivity index is 1.56. The molecule has 0 N–H and O–H groups in total. The molecule has 1 fully saturated rings. The summed E-state index contributed by atoms with van der Waals surface area (Å²) in [5.74, 6) is 0.00721. The maximum Gasteiger partial charge on any atom is 0.243 e. The van der Waals surface area contributed by atoms with Crippen molar-refractivity contribution >= 4 is 33.2 Å². The summed E-state index contributed by atoms with van der Waals surface area (Å²) in [5, 5.41) is 0. The lowest BCUT2D eigenvalue weighted by molar-refractivity contribution is -0.124. The third kappa shape index (κ3) is 4.42. The standard InChI is InChI=1S/C25H31N3O5S/c1-4-26(5-2)34(31,32)22-11-12-23-18(14-22)8-7-13-27(23)25(30)19-15-24(29)28(17-19)20-9-6-10-21(16-20)33-3/h6,9-12,14,16,19H,4-5,7-8,13,15,17H2,1-3H3. The quantitative estimate of drug-likeness (QED) is 0.602. The molecule has 2 aromatic rings. The molecule has 0 saturated carbocycles. The van der Waals surface area contributed by atoms with Gasteiger partial charge in [0.1, 0.15) is 5.75 Å². The van der Waals surface area contributed by atoms with Crippen LogP contribution in [0.3, 0.4) is 0 Å². The van der Waals surface area contributed by atoms with Crippen molar-refractivity contribution in [2.24, 2.45) is 5.92 Å². The molecular weight excluding hydrogens is 454 g/mol. The van der Waals surface area contributed by atoms with E-state index in [0.717, 1.165) is 17.7 Å². The van der Waals surface area contributed by atoms with Crippen LogP contribution in [0.1, 0.15) is 32.3 Å². The van der Waals surface area contributed by atoms with Crippen LogP contribution >= 0.6 is 0 Å². The van der Waals surface area contributed by atoms with E-state index in [1.165, 1.54) is 4.31 Å². The van der Waals surface area contributed by atoms with E-state index >= 15 is 0 Å². The van der Waals surface area contributed by atoms with Crippen molar-refractivity contribution < 1.29 is 22.7 Å². The van der Waals surface area contributed by atoms with Gasteiger partial charge in [-0.05, 0) is 48.7 Å². The molecule has 0 bridgehead atoms. The van der Waals surface area contributed by atoms with Crippen molar-refractivity contribution in [2.75, 3.05) is 43.1 Å². The summed E-state index contributed by atoms with van der Waals surface area (Å²) < 4.78 is 32.6. The lowest BCUT2D eigenvalue weighted by Gasteiger charge is -2.32. The highest BCUT2D eigenvalue weighted by molar-refractivity contribution is 7.89. The number of amides is 2. The molecule has 2 heterocycles. The predicted octanol–water partition coefficient (Wildman–Crippen LogP) is 3.06. The summed E-state index contributed by atoms with van der Waals surface area (Å²) in [6.45, 7) is 5.30. The fraction of sp³-hybridized carbons (Fsp3) is 0.440. The molecule has 0 aromatic heterocycles. The van der Waals surface area contributed by atoms with Crippen molar-refractivity contribution in [3.8, 4) is 5.75 Å². The first-order valence-electron chi connectivity index (χ1n) is 11.7. The van der Waals surface area contributed by atoms with E-state index in [9.17, 15) is 18.0 Å². The zero-order valence-electron chi connectivity index (χ0n) is 19.9. The minimum absolute atomic E-state index is 0.0931. The molecule has 2 amide bonds. The van der Waals surface area contributed by atoms with Gasteiger partial charge in [0.2, 0.25) is 21.8 Å². The van der Waals surface area contributed by atoms with Crippen molar-refractivity contribution in [1.29, 1.82) is 0 Å². The number of carbonyl (C=O) groups excluding carboxylic acids is 2. The van der Waals surface area contributed by atoms with Crippen molar-refractivity contribution in [3.63, 3.8) is 0 Å². The number of methoxy groups -OCH3 is 1. The maximum atomic E-state index is 13.5. The largest absolute Gasteiger partial charge is 0.497 e. The van der Waals surface area contributed by atoms with Crippen LogP contribution in [0.15, 0.2) is 47.4 Å². The number of hydrogen-bond acceptors (Lipinski definition) is 5. The van der Waals surface area contributed by atoms with Crippen LogP contribution in [0.4, 0.5) is 11.4 Å². The van der Waals surface area contributed by atoms with Gasteiger partial charge in [0.15, 0.2) is 0 Å². The first-order chi connectivity index (χ1) is 16.3. The second-order valence-corrected chi connectivity index (χ2v) is 10.5. The molecule has 2 aromatic carbocycles. The van der Waals surface area contributed by atoms with Gasteiger partial charge in [-0.2, -0.15) is 4.31 Å². The van der Waals surface area contributed by atoms with Crippen LogP contribution in [0.5, 0.6) is 5.75 Å². The number of rotatable bonds is 7. The Hall–Kier alpha value is -2.91. The van der Waals surface area contributed by atoms with Crippen LogP contribution in [-0.4, -0.2) is 57.8 Å². The van der Waals surface area contributed by atoms with Gasteiger partial charge in [0.25, 0.3) is 0 Å². The molecule has 2 aliphatic heterocycles. The Morgan fingerprint density at radius 1 is 1.15 bits per heavy atom. The summed E-state index contributed by atoms with van der Waals surface area (Å²) in [4.78, 5) is 29.8. The Morgan fingerprint density at radius 2 is 1.91 bits per heavy atom. The van der Waals surface area contributed by atoms with E-state index in [1.807, 2.05) is 32.0 Å². The smallest absolute Gasteiger partial charge is 0.243 e. The topological polar surface area (TPSA) is 87.2 Å². The van der Waals surface area contributed by atoms with E-state index in [0.29, 0.717) is 44.0 Å². The molecule has 182 valence electrons. The fourth-order valence-electron chi connectivity index (χ4n) is 4.80. The van der Waals surface area contributed by atoms with Crippen LogP contribution in [-0.2, 0) is 26.0 Å². The first kappa shape index (κ1) is 24.2. The molecule has 1 atom stereocenters. The summed E-state index contributed by atoms with van der Waals surface area (Å²) in [6, 6.07) is 12.3. The molecule has 0 spiro atoms. The van der Waals surface area contributed by atoms with Crippen LogP contribution in [0, 0.1) is 5.92 Å². The maximum absolute atomic E-state index is 13.5. The van der Waals surface area contributed by atoms with Gasteiger partial charge in [0.05, 0.1) is 17.9 Å². The number of aryl methyl sites for hydroxylation is 1. The number of fused-ring (bicyclic) bond motifs is 1. The van der Waals surface area contributed by atoms with E-state index in [2.05, 4.69) is 0 Å². The van der Waals surface area contributed by atoms with E-state index in [-0.39, 0.29) is 23.1 Å². The molecule has 8 nitrogen and oxygen atoms in total. The Bertz CT molecular complexity index is 1190. The lowest BCUT2D eigenvalue weighted by atomic mass is 9.99. The number of nitrogens with zero attached hydrogens (tertiary/aromatic N) is 3. The van der Waals surface area contributed by atoms with Gasteiger partial charge in [-0.15, -0.1) is 0 Å². The molecule has 2 aliphatic rings. The summed E-state index contributed by atoms with van der Waals surface area (Å²) in [7, 11) is -2.00. The molecule has 4 rings (SSSR count). The molecule has 1 saturated heterocycles. The summed E-state index contributed by atoms with van der Waals surface area (Å²) in [5.41, 5.74) is 2.30. The third-order valence-corrected chi connectivity index (χ3v) is 8.66. The van der Waals surface area contributed by atoms with Crippen LogP contribution < -0.4 is 14.5 Å². The second-order valence-electron chi connectivity index (χ2n) is 8.58.